The van der Waals surface area contributed by atoms with Gasteiger partial charge in [0.15, 0.2) is 5.65 Å². The lowest BCUT2D eigenvalue weighted by atomic mass is 9.94. The van der Waals surface area contributed by atoms with Crippen molar-refractivity contribution in [3.63, 3.8) is 0 Å². The van der Waals surface area contributed by atoms with Gasteiger partial charge in [0.05, 0.1) is 28.9 Å². The molecule has 3 aliphatic rings. The second-order valence-corrected chi connectivity index (χ2v) is 9.96. The number of pyridine rings is 1. The second kappa shape index (κ2) is 10.2. The lowest BCUT2D eigenvalue weighted by Gasteiger charge is -2.25. The van der Waals surface area contributed by atoms with Crippen LogP contribution in [0.4, 0.5) is 4.79 Å². The Morgan fingerprint density at radius 1 is 1.08 bits per heavy atom. The summed E-state index contributed by atoms with van der Waals surface area (Å²) in [6, 6.07) is 9.40. The summed E-state index contributed by atoms with van der Waals surface area (Å²) in [5.41, 5.74) is 2.62. The number of halogens is 1. The highest BCUT2D eigenvalue weighted by molar-refractivity contribution is 6.33. The molecule has 0 radical (unpaired) electrons. The summed E-state index contributed by atoms with van der Waals surface area (Å²) in [5, 5.41) is 0.487. The number of aromatic nitrogens is 3. The number of rotatable bonds is 4. The third-order valence-electron chi connectivity index (χ3n) is 7.19. The predicted molar refractivity (Wildman–Crippen MR) is 133 cm³/mol. The van der Waals surface area contributed by atoms with Gasteiger partial charge in [-0.25, -0.2) is 9.78 Å². The van der Waals surface area contributed by atoms with Gasteiger partial charge in [-0.15, -0.1) is 0 Å². The van der Waals surface area contributed by atoms with Crippen molar-refractivity contribution in [1.82, 2.24) is 19.9 Å². The molecule has 3 aliphatic heterocycles. The molecule has 0 bridgehead atoms. The molecule has 190 valence electrons. The van der Waals surface area contributed by atoms with Crippen LogP contribution >= 0.6 is 11.6 Å². The molecule has 36 heavy (non-hydrogen) atoms. The highest BCUT2D eigenvalue weighted by atomic mass is 35.5. The Morgan fingerprint density at radius 2 is 1.89 bits per heavy atom. The Balaban J connectivity index is 1.16. The van der Waals surface area contributed by atoms with E-state index in [0.29, 0.717) is 40.2 Å². The zero-order chi connectivity index (χ0) is 24.5. The minimum Gasteiger partial charge on any atom is -0.459 e. The van der Waals surface area contributed by atoms with Crippen LogP contribution in [0.15, 0.2) is 30.3 Å². The Hall–Kier alpha value is -2.88. The molecule has 3 fully saturated rings. The van der Waals surface area contributed by atoms with Crippen molar-refractivity contribution in [2.45, 2.75) is 44.3 Å². The molecule has 10 heteroatoms. The van der Waals surface area contributed by atoms with E-state index in [2.05, 4.69) is 15.0 Å². The summed E-state index contributed by atoms with van der Waals surface area (Å²) in [7, 11) is 0. The first kappa shape index (κ1) is 23.5. The third kappa shape index (κ3) is 4.87. The lowest BCUT2D eigenvalue weighted by molar-refractivity contribution is 0.0655. The third-order valence-corrected chi connectivity index (χ3v) is 7.48. The van der Waals surface area contributed by atoms with Gasteiger partial charge in [-0.1, -0.05) is 11.6 Å². The topological polar surface area (TPSA) is 98.8 Å². The standard InChI is InChI=1S/C26H29ClN4O5/c27-19-14-20-24(30-25(28-20)36-22-15-34-21-9-13-33-12-8-18(21)22)29-23(19)16-4-6-17(7-5-16)35-26(32)31-10-2-1-3-11-31/h4-7,14,18,21-22H,1-3,8-13,15H2,(H,28,29,30)/t18-,21-,22-/m1/s1. The molecule has 6 rings (SSSR count). The highest BCUT2D eigenvalue weighted by Crippen LogP contribution is 2.34. The number of amides is 1. The van der Waals surface area contributed by atoms with Crippen LogP contribution in [0.5, 0.6) is 11.8 Å². The molecule has 0 spiro atoms. The second-order valence-electron chi connectivity index (χ2n) is 9.55. The quantitative estimate of drug-likeness (QED) is 0.534. The van der Waals surface area contributed by atoms with Gasteiger partial charge in [-0.05, 0) is 62.4 Å². The van der Waals surface area contributed by atoms with E-state index in [9.17, 15) is 4.79 Å². The minimum absolute atomic E-state index is 0.0765. The molecule has 3 saturated heterocycles. The van der Waals surface area contributed by atoms with Gasteiger partial charge < -0.3 is 28.8 Å². The Morgan fingerprint density at radius 3 is 2.72 bits per heavy atom. The summed E-state index contributed by atoms with van der Waals surface area (Å²) in [5.74, 6) is 0.776. The van der Waals surface area contributed by atoms with E-state index in [1.54, 1.807) is 23.1 Å². The number of H-pyrrole nitrogens is 1. The number of likely N-dealkylation sites (tertiary alicyclic amines) is 1. The number of nitrogens with zero attached hydrogens (tertiary/aromatic N) is 3. The number of fused-ring (bicyclic) bond motifs is 2. The number of carbonyl (C=O) groups excluding carboxylic acids is 1. The predicted octanol–water partition coefficient (Wildman–Crippen LogP) is 4.84. The van der Waals surface area contributed by atoms with Gasteiger partial charge in [0, 0.05) is 37.8 Å². The molecule has 0 unspecified atom stereocenters. The number of aromatic amines is 1. The molecule has 9 nitrogen and oxygen atoms in total. The summed E-state index contributed by atoms with van der Waals surface area (Å²) < 4.78 is 23.3. The van der Waals surface area contributed by atoms with Crippen molar-refractivity contribution < 1.29 is 23.7 Å². The number of ether oxygens (including phenoxy) is 4. The fourth-order valence-corrected chi connectivity index (χ4v) is 5.50. The van der Waals surface area contributed by atoms with Gasteiger partial charge in [0.25, 0.3) is 6.01 Å². The summed E-state index contributed by atoms with van der Waals surface area (Å²) in [4.78, 5) is 26.6. The van der Waals surface area contributed by atoms with Crippen molar-refractivity contribution in [1.29, 1.82) is 0 Å². The molecule has 5 heterocycles. The highest BCUT2D eigenvalue weighted by Gasteiger charge is 2.40. The lowest BCUT2D eigenvalue weighted by Crippen LogP contribution is -2.37. The zero-order valence-corrected chi connectivity index (χ0v) is 20.7. The molecular weight excluding hydrogens is 484 g/mol. The Bertz CT molecular complexity index is 1230. The van der Waals surface area contributed by atoms with Gasteiger partial charge >= 0.3 is 6.09 Å². The molecule has 2 aromatic heterocycles. The van der Waals surface area contributed by atoms with Gasteiger partial charge in [-0.2, -0.15) is 4.98 Å². The average Bonchev–Trinajstić information content (AvgIpc) is 3.38. The fraction of sp³-hybridized carbons (Fsp3) is 0.500. The Kier molecular flexibility index (Phi) is 6.69. The van der Waals surface area contributed by atoms with Crippen molar-refractivity contribution in [2.75, 3.05) is 32.9 Å². The molecule has 3 aromatic rings. The van der Waals surface area contributed by atoms with Crippen LogP contribution < -0.4 is 9.47 Å². The molecule has 1 amide bonds. The summed E-state index contributed by atoms with van der Waals surface area (Å²) >= 11 is 6.58. The minimum atomic E-state index is -0.306. The van der Waals surface area contributed by atoms with Crippen LogP contribution in [-0.2, 0) is 9.47 Å². The largest absolute Gasteiger partial charge is 0.459 e. The van der Waals surface area contributed by atoms with E-state index in [1.165, 1.54) is 0 Å². The normalized spacial score (nSPS) is 24.4. The molecule has 3 atom stereocenters. The van der Waals surface area contributed by atoms with Crippen LogP contribution in [0.1, 0.15) is 32.1 Å². The number of imidazole rings is 1. The van der Waals surface area contributed by atoms with Crippen LogP contribution in [-0.4, -0.2) is 71.1 Å². The maximum absolute atomic E-state index is 12.4. The first-order chi connectivity index (χ1) is 17.6. The van der Waals surface area contributed by atoms with Crippen LogP contribution in [0.2, 0.25) is 5.02 Å². The van der Waals surface area contributed by atoms with Crippen molar-refractivity contribution in [3.05, 3.63) is 35.4 Å². The van der Waals surface area contributed by atoms with E-state index in [-0.39, 0.29) is 24.2 Å². The molecule has 0 aliphatic carbocycles. The van der Waals surface area contributed by atoms with E-state index in [4.69, 9.17) is 30.5 Å². The fourth-order valence-electron chi connectivity index (χ4n) is 5.24. The van der Waals surface area contributed by atoms with Gasteiger partial charge in [0.1, 0.15) is 11.9 Å². The molecule has 1 aromatic carbocycles. The smallest absolute Gasteiger partial charge is 0.415 e. The first-order valence-electron chi connectivity index (χ1n) is 12.6. The number of benzene rings is 1. The van der Waals surface area contributed by atoms with Gasteiger partial charge in [-0.3, -0.25) is 0 Å². The Labute approximate surface area is 214 Å². The van der Waals surface area contributed by atoms with Crippen LogP contribution in [0.25, 0.3) is 22.4 Å². The van der Waals surface area contributed by atoms with Gasteiger partial charge in [0.2, 0.25) is 0 Å². The van der Waals surface area contributed by atoms with Crippen molar-refractivity contribution in [2.24, 2.45) is 5.92 Å². The molecule has 1 N–H and O–H groups in total. The first-order valence-corrected chi connectivity index (χ1v) is 13.0. The SMILES string of the molecule is O=C(Oc1ccc(-c2nc3nc(O[C@@H]4CO[C@@H]5CCOCC[C@H]54)[nH]c3cc2Cl)cc1)N1CCCCC1. The number of nitrogens with one attached hydrogen (secondary N) is 1. The number of hydrogen-bond donors (Lipinski definition) is 1. The number of piperidine rings is 1. The van der Waals surface area contributed by atoms with E-state index >= 15 is 0 Å². The number of hydrogen-bond acceptors (Lipinski definition) is 7. The average molecular weight is 513 g/mol. The molecular formula is C26H29ClN4O5. The van der Waals surface area contributed by atoms with Crippen molar-refractivity contribution >= 4 is 28.9 Å². The zero-order valence-electron chi connectivity index (χ0n) is 20.0. The maximum Gasteiger partial charge on any atom is 0.415 e. The monoisotopic (exact) mass is 512 g/mol. The summed E-state index contributed by atoms with van der Waals surface area (Å²) in [6.45, 7) is 3.48. The van der Waals surface area contributed by atoms with Crippen molar-refractivity contribution in [3.8, 4) is 23.0 Å². The van der Waals surface area contributed by atoms with Crippen LogP contribution in [0.3, 0.4) is 0 Å². The van der Waals surface area contributed by atoms with E-state index < -0.39 is 0 Å². The summed E-state index contributed by atoms with van der Waals surface area (Å²) in [6.07, 6.45) is 4.78. The van der Waals surface area contributed by atoms with E-state index in [0.717, 1.165) is 64.0 Å². The molecule has 0 saturated carbocycles. The number of carbonyl (C=O) groups is 1. The maximum atomic E-state index is 12.4. The van der Waals surface area contributed by atoms with E-state index in [1.807, 2.05) is 12.1 Å². The van der Waals surface area contributed by atoms with Crippen LogP contribution in [0, 0.1) is 5.92 Å².